The summed E-state index contributed by atoms with van der Waals surface area (Å²) >= 11 is 0. The summed E-state index contributed by atoms with van der Waals surface area (Å²) < 4.78 is 41.7. The van der Waals surface area contributed by atoms with E-state index in [0.717, 1.165) is 33.7 Å². The maximum absolute atomic E-state index is 12.2. The first-order valence-electron chi connectivity index (χ1n) is 12.3. The van der Waals surface area contributed by atoms with Crippen molar-refractivity contribution in [3.05, 3.63) is 55.4 Å². The number of carboxylic acids is 1. The number of carbonyl (C=O) groups is 4. The number of aromatic carboxylic acids is 1. The van der Waals surface area contributed by atoms with Crippen molar-refractivity contribution in [1.82, 2.24) is 9.13 Å². The second-order valence-corrected chi connectivity index (χ2v) is 8.27. The number of primary amides is 1. The smallest absolute Gasteiger partial charge is 0.358 e. The van der Waals surface area contributed by atoms with Crippen molar-refractivity contribution in [3.8, 4) is 11.5 Å². The molecule has 0 saturated heterocycles. The molecule has 2 heterocycles. The van der Waals surface area contributed by atoms with E-state index in [9.17, 15) is 28.8 Å². The van der Waals surface area contributed by atoms with Crippen molar-refractivity contribution >= 4 is 23.8 Å². The van der Waals surface area contributed by atoms with Crippen LogP contribution in [-0.2, 0) is 41.5 Å². The van der Waals surface area contributed by atoms with Crippen molar-refractivity contribution in [3.63, 3.8) is 0 Å². The Morgan fingerprint density at radius 1 is 0.682 bits per heavy atom. The number of hydrogen-bond acceptors (Lipinski definition) is 14. The fourth-order valence-corrected chi connectivity index (χ4v) is 3.70. The zero-order valence-electron chi connectivity index (χ0n) is 25.4. The highest BCUT2D eigenvalue weighted by molar-refractivity contribution is 5.96. The van der Waals surface area contributed by atoms with Gasteiger partial charge in [-0.1, -0.05) is 0 Å². The van der Waals surface area contributed by atoms with Gasteiger partial charge in [0.2, 0.25) is 10.9 Å². The summed E-state index contributed by atoms with van der Waals surface area (Å²) in [6, 6.07) is 0. The lowest BCUT2D eigenvalue weighted by molar-refractivity contribution is -0.111. The predicted molar refractivity (Wildman–Crippen MR) is 148 cm³/mol. The standard InChI is InChI=1S/C13H18N2O7.C13H17NO8/c1-19-8(20-2)6-15-5-7(12(14)17)10(16)11(21-3)9(15)13(18)22-4;1-19-8(20-2)6-14-5-7(12(16)17)10(15)11(21-3)9(14)13(18)22-4/h5,8H,6H2,1-4H3,(H2,14,17);5,8H,6H2,1-4H3,(H,16,17). The fourth-order valence-electron chi connectivity index (χ4n) is 3.70. The van der Waals surface area contributed by atoms with Gasteiger partial charge in [-0.3, -0.25) is 14.4 Å². The zero-order chi connectivity index (χ0) is 33.7. The number of aromatic nitrogens is 2. The van der Waals surface area contributed by atoms with E-state index in [0.29, 0.717) is 0 Å². The first-order chi connectivity index (χ1) is 20.8. The molecule has 0 saturated carbocycles. The van der Waals surface area contributed by atoms with Crippen molar-refractivity contribution in [2.24, 2.45) is 5.73 Å². The third-order valence-corrected chi connectivity index (χ3v) is 5.88. The van der Waals surface area contributed by atoms with Crippen LogP contribution in [0.15, 0.2) is 22.0 Å². The number of rotatable bonds is 14. The summed E-state index contributed by atoms with van der Waals surface area (Å²) in [6.07, 6.45) is 0.670. The van der Waals surface area contributed by atoms with Gasteiger partial charge in [0.1, 0.15) is 11.1 Å². The summed E-state index contributed by atoms with van der Waals surface area (Å²) in [5, 5.41) is 9.10. The lowest BCUT2D eigenvalue weighted by atomic mass is 10.2. The average molecular weight is 630 g/mol. The fraction of sp³-hybridized carbons (Fsp3) is 0.462. The van der Waals surface area contributed by atoms with E-state index >= 15 is 0 Å². The molecule has 0 aliphatic heterocycles. The second-order valence-electron chi connectivity index (χ2n) is 8.27. The monoisotopic (exact) mass is 629 g/mol. The highest BCUT2D eigenvalue weighted by Gasteiger charge is 2.28. The van der Waals surface area contributed by atoms with E-state index in [-0.39, 0.29) is 35.8 Å². The molecule has 2 rings (SSSR count). The Kier molecular flexibility index (Phi) is 14.7. The number of amides is 1. The molecule has 0 bridgehead atoms. The van der Waals surface area contributed by atoms with Gasteiger partial charge in [0.25, 0.3) is 5.91 Å². The molecule has 0 spiro atoms. The Morgan fingerprint density at radius 2 is 1.02 bits per heavy atom. The van der Waals surface area contributed by atoms with Crippen molar-refractivity contribution in [2.45, 2.75) is 25.7 Å². The molecule has 1 amide bonds. The SMILES string of the molecule is COC(=O)c1c(OC)c(=O)c(C(=O)O)cn1CC(OC)OC.COC(=O)c1c(OC)c(=O)c(C(N)=O)cn1CC(OC)OC. The molecule has 0 fully saturated rings. The van der Waals surface area contributed by atoms with E-state index in [1.54, 1.807) is 0 Å². The maximum Gasteiger partial charge on any atom is 0.358 e. The molecule has 244 valence electrons. The van der Waals surface area contributed by atoms with Crippen molar-refractivity contribution in [1.29, 1.82) is 0 Å². The van der Waals surface area contributed by atoms with Gasteiger partial charge in [0, 0.05) is 40.8 Å². The summed E-state index contributed by atoms with van der Waals surface area (Å²) in [6.45, 7) is -0.0390. The Labute approximate surface area is 250 Å². The van der Waals surface area contributed by atoms with Crippen molar-refractivity contribution in [2.75, 3.05) is 56.9 Å². The highest BCUT2D eigenvalue weighted by atomic mass is 16.7. The van der Waals surface area contributed by atoms with Crippen LogP contribution in [-0.4, -0.2) is 108 Å². The van der Waals surface area contributed by atoms with Gasteiger partial charge in [0.15, 0.2) is 35.5 Å². The van der Waals surface area contributed by atoms with Gasteiger partial charge in [0.05, 0.1) is 41.5 Å². The number of methoxy groups -OCH3 is 8. The lowest BCUT2D eigenvalue weighted by Gasteiger charge is -2.20. The molecular weight excluding hydrogens is 594 g/mol. The molecule has 44 heavy (non-hydrogen) atoms. The lowest BCUT2D eigenvalue weighted by Crippen LogP contribution is -2.31. The molecule has 2 aromatic rings. The number of hydrogen-bond donors (Lipinski definition) is 2. The first-order valence-corrected chi connectivity index (χ1v) is 12.3. The van der Waals surface area contributed by atoms with Gasteiger partial charge in [-0.25, -0.2) is 14.4 Å². The molecular formula is C26H35N3O15. The van der Waals surface area contributed by atoms with E-state index < -0.39 is 58.6 Å². The Balaban J connectivity index is 0.000000440. The molecule has 0 atom stereocenters. The van der Waals surface area contributed by atoms with Crippen LogP contribution in [0.3, 0.4) is 0 Å². The first kappa shape index (κ1) is 37.2. The van der Waals surface area contributed by atoms with E-state index in [1.165, 1.54) is 44.7 Å². The number of ether oxygens (including phenoxy) is 8. The summed E-state index contributed by atoms with van der Waals surface area (Å²) in [4.78, 5) is 70.6. The molecule has 2 aromatic heterocycles. The molecule has 3 N–H and O–H groups in total. The minimum Gasteiger partial charge on any atom is -0.491 e. The van der Waals surface area contributed by atoms with E-state index in [2.05, 4.69) is 9.47 Å². The zero-order valence-corrected chi connectivity index (χ0v) is 25.4. The van der Waals surface area contributed by atoms with Crippen LogP contribution in [0.4, 0.5) is 0 Å². The number of nitrogens with zero attached hydrogens (tertiary/aromatic N) is 2. The topological polar surface area (TPSA) is 232 Å². The molecule has 0 radical (unpaired) electrons. The van der Waals surface area contributed by atoms with E-state index in [4.69, 9.17) is 39.3 Å². The Morgan fingerprint density at radius 3 is 1.30 bits per heavy atom. The van der Waals surface area contributed by atoms with Gasteiger partial charge >= 0.3 is 17.9 Å². The van der Waals surface area contributed by atoms with E-state index in [1.807, 2.05) is 0 Å². The normalized spacial score (nSPS) is 10.6. The maximum atomic E-state index is 12.2. The quantitative estimate of drug-likeness (QED) is 0.195. The third-order valence-electron chi connectivity index (χ3n) is 5.88. The number of pyridine rings is 2. The van der Waals surface area contributed by atoms with Crippen LogP contribution in [0.25, 0.3) is 0 Å². The molecule has 0 aliphatic rings. The largest absolute Gasteiger partial charge is 0.491 e. The van der Waals surface area contributed by atoms with Gasteiger partial charge in [-0.15, -0.1) is 0 Å². The molecule has 0 unspecified atom stereocenters. The minimum absolute atomic E-state index is 0.00829. The molecule has 18 nitrogen and oxygen atoms in total. The molecule has 18 heteroatoms. The third kappa shape index (κ3) is 8.63. The Bertz CT molecular complexity index is 1350. The average Bonchev–Trinajstić information content (AvgIpc) is 3.01. The summed E-state index contributed by atoms with van der Waals surface area (Å²) in [5.41, 5.74) is 2.20. The van der Waals surface area contributed by atoms with Crippen LogP contribution in [0.1, 0.15) is 41.7 Å². The Hall–Kier alpha value is -4.78. The van der Waals surface area contributed by atoms with Crippen molar-refractivity contribution < 1.29 is 62.2 Å². The minimum atomic E-state index is -1.44. The van der Waals surface area contributed by atoms with Gasteiger partial charge < -0.3 is 57.9 Å². The van der Waals surface area contributed by atoms with Crippen LogP contribution in [0.5, 0.6) is 11.5 Å². The summed E-state index contributed by atoms with van der Waals surface area (Å²) in [7, 11) is 10.2. The number of carboxylic acid groups (broad SMARTS) is 1. The second kappa shape index (κ2) is 17.4. The predicted octanol–water partition coefficient (Wildman–Crippen LogP) is -0.678. The van der Waals surface area contributed by atoms with Crippen LogP contribution in [0.2, 0.25) is 0 Å². The number of nitrogens with two attached hydrogens (primary N) is 1. The van der Waals surface area contributed by atoms with Gasteiger partial charge in [-0.05, 0) is 0 Å². The highest BCUT2D eigenvalue weighted by Crippen LogP contribution is 2.19. The molecule has 0 aromatic carbocycles. The molecule has 0 aliphatic carbocycles. The summed E-state index contributed by atoms with van der Waals surface area (Å²) in [5.74, 6) is -4.81. The number of carbonyl (C=O) groups excluding carboxylic acids is 3. The van der Waals surface area contributed by atoms with Crippen LogP contribution < -0.4 is 26.1 Å². The van der Waals surface area contributed by atoms with Crippen LogP contribution in [0, 0.1) is 0 Å². The number of esters is 2. The van der Waals surface area contributed by atoms with Gasteiger partial charge in [-0.2, -0.15) is 0 Å². The van der Waals surface area contributed by atoms with Crippen LogP contribution >= 0.6 is 0 Å².